The topological polar surface area (TPSA) is 69.6 Å². The van der Waals surface area contributed by atoms with E-state index in [0.29, 0.717) is 10.7 Å². The summed E-state index contributed by atoms with van der Waals surface area (Å²) in [6.45, 7) is 0.441. The Bertz CT molecular complexity index is 484. The van der Waals surface area contributed by atoms with Gasteiger partial charge >= 0.3 is 5.97 Å². The molecule has 0 bridgehead atoms. The Balaban J connectivity index is 2.19. The van der Waals surface area contributed by atoms with Crippen molar-refractivity contribution < 1.29 is 14.7 Å². The standard InChI is InChI=1S/C14H17ClN2O3/c15-10-4-6-11(7-5-10)17(9-13(18)19)14(20)12-3-1-2-8-16-12/h4-7,12,16H,1-3,8-9H2,(H,18,19). The van der Waals surface area contributed by atoms with Gasteiger partial charge < -0.3 is 10.4 Å². The van der Waals surface area contributed by atoms with Gasteiger partial charge in [0.15, 0.2) is 0 Å². The first-order chi connectivity index (χ1) is 9.58. The Kier molecular flexibility index (Phi) is 4.98. The zero-order valence-electron chi connectivity index (χ0n) is 11.0. The Morgan fingerprint density at radius 2 is 2.00 bits per heavy atom. The average molecular weight is 297 g/mol. The van der Waals surface area contributed by atoms with Crippen molar-refractivity contribution in [3.05, 3.63) is 29.3 Å². The third kappa shape index (κ3) is 3.71. The maximum atomic E-state index is 12.5. The molecule has 1 unspecified atom stereocenters. The number of hydrogen-bond donors (Lipinski definition) is 2. The van der Waals surface area contributed by atoms with Gasteiger partial charge in [0.25, 0.3) is 0 Å². The highest BCUT2D eigenvalue weighted by Gasteiger charge is 2.27. The lowest BCUT2D eigenvalue weighted by atomic mass is 10.0. The molecule has 2 rings (SSSR count). The predicted molar refractivity (Wildman–Crippen MR) is 77.1 cm³/mol. The normalized spacial score (nSPS) is 18.6. The van der Waals surface area contributed by atoms with Gasteiger partial charge in [0, 0.05) is 10.7 Å². The van der Waals surface area contributed by atoms with Gasteiger partial charge in [0.2, 0.25) is 5.91 Å². The number of halogens is 1. The molecule has 1 aromatic carbocycles. The van der Waals surface area contributed by atoms with E-state index in [9.17, 15) is 9.59 Å². The summed E-state index contributed by atoms with van der Waals surface area (Å²) in [6, 6.07) is 6.30. The summed E-state index contributed by atoms with van der Waals surface area (Å²) < 4.78 is 0. The number of aliphatic carboxylic acids is 1. The highest BCUT2D eigenvalue weighted by atomic mass is 35.5. The molecule has 1 heterocycles. The Labute approximate surface area is 122 Å². The summed E-state index contributed by atoms with van der Waals surface area (Å²) >= 11 is 5.82. The molecule has 5 nitrogen and oxygen atoms in total. The molecule has 1 aliphatic heterocycles. The van der Waals surface area contributed by atoms with Crippen LogP contribution in [0.5, 0.6) is 0 Å². The molecule has 0 aromatic heterocycles. The maximum absolute atomic E-state index is 12.5. The van der Waals surface area contributed by atoms with Gasteiger partial charge in [-0.2, -0.15) is 0 Å². The van der Waals surface area contributed by atoms with Crippen molar-refractivity contribution >= 4 is 29.2 Å². The van der Waals surface area contributed by atoms with Crippen LogP contribution in [0.15, 0.2) is 24.3 Å². The third-order valence-electron chi connectivity index (χ3n) is 3.31. The SMILES string of the molecule is O=C(O)CN(C(=O)C1CCCCN1)c1ccc(Cl)cc1. The Hall–Kier alpha value is -1.59. The molecular formula is C14H17ClN2O3. The average Bonchev–Trinajstić information content (AvgIpc) is 2.46. The van der Waals surface area contributed by atoms with E-state index in [2.05, 4.69) is 5.32 Å². The summed E-state index contributed by atoms with van der Waals surface area (Å²) in [5, 5.41) is 12.7. The number of carbonyl (C=O) groups is 2. The zero-order chi connectivity index (χ0) is 14.5. The van der Waals surface area contributed by atoms with Crippen molar-refractivity contribution in [3.8, 4) is 0 Å². The second kappa shape index (κ2) is 6.72. The van der Waals surface area contributed by atoms with E-state index >= 15 is 0 Å². The highest BCUT2D eigenvalue weighted by Crippen LogP contribution is 2.20. The van der Waals surface area contributed by atoms with E-state index in [0.717, 1.165) is 25.8 Å². The van der Waals surface area contributed by atoms with Crippen LogP contribution in [-0.4, -0.2) is 36.1 Å². The van der Waals surface area contributed by atoms with Crippen LogP contribution in [0, 0.1) is 0 Å². The summed E-state index contributed by atoms with van der Waals surface area (Å²) in [5.41, 5.74) is 0.550. The number of anilines is 1. The van der Waals surface area contributed by atoms with E-state index in [1.54, 1.807) is 24.3 Å². The molecule has 1 fully saturated rings. The van der Waals surface area contributed by atoms with Crippen LogP contribution in [-0.2, 0) is 9.59 Å². The molecule has 0 radical (unpaired) electrons. The minimum absolute atomic E-state index is 0.200. The lowest BCUT2D eigenvalue weighted by molar-refractivity contribution is -0.137. The zero-order valence-corrected chi connectivity index (χ0v) is 11.8. The monoisotopic (exact) mass is 296 g/mol. The number of benzene rings is 1. The van der Waals surface area contributed by atoms with Crippen molar-refractivity contribution in [1.82, 2.24) is 5.32 Å². The number of carbonyl (C=O) groups excluding carboxylic acids is 1. The molecule has 1 aromatic rings. The Morgan fingerprint density at radius 1 is 1.30 bits per heavy atom. The number of carboxylic acids is 1. The van der Waals surface area contributed by atoms with E-state index in [1.807, 2.05) is 0 Å². The highest BCUT2D eigenvalue weighted by molar-refractivity contribution is 6.30. The number of amides is 1. The minimum atomic E-state index is -1.04. The predicted octanol–water partition coefficient (Wildman–Crippen LogP) is 1.90. The molecule has 1 aliphatic rings. The van der Waals surface area contributed by atoms with Gasteiger partial charge in [0.1, 0.15) is 6.54 Å². The van der Waals surface area contributed by atoms with Crippen molar-refractivity contribution in [2.75, 3.05) is 18.0 Å². The molecule has 20 heavy (non-hydrogen) atoms. The van der Waals surface area contributed by atoms with Crippen molar-refractivity contribution in [2.24, 2.45) is 0 Å². The second-order valence-electron chi connectivity index (χ2n) is 4.80. The number of nitrogens with one attached hydrogen (secondary N) is 1. The first-order valence-electron chi connectivity index (χ1n) is 6.60. The maximum Gasteiger partial charge on any atom is 0.323 e. The van der Waals surface area contributed by atoms with E-state index in [1.165, 1.54) is 4.90 Å². The lowest BCUT2D eigenvalue weighted by Gasteiger charge is -2.29. The lowest BCUT2D eigenvalue weighted by Crippen LogP contribution is -2.50. The quantitative estimate of drug-likeness (QED) is 0.890. The largest absolute Gasteiger partial charge is 0.480 e. The van der Waals surface area contributed by atoms with Crippen LogP contribution >= 0.6 is 11.6 Å². The number of nitrogens with zero attached hydrogens (tertiary/aromatic N) is 1. The van der Waals surface area contributed by atoms with Gasteiger partial charge in [-0.3, -0.25) is 14.5 Å². The van der Waals surface area contributed by atoms with Crippen LogP contribution in [0.1, 0.15) is 19.3 Å². The molecule has 0 aliphatic carbocycles. The molecule has 0 saturated carbocycles. The smallest absolute Gasteiger partial charge is 0.323 e. The van der Waals surface area contributed by atoms with Gasteiger partial charge in [-0.05, 0) is 43.7 Å². The summed E-state index contributed by atoms with van der Waals surface area (Å²) in [5.74, 6) is -1.24. The fraction of sp³-hybridized carbons (Fsp3) is 0.429. The first-order valence-corrected chi connectivity index (χ1v) is 6.98. The van der Waals surface area contributed by atoms with Crippen LogP contribution < -0.4 is 10.2 Å². The van der Waals surface area contributed by atoms with Crippen LogP contribution in [0.4, 0.5) is 5.69 Å². The van der Waals surface area contributed by atoms with Gasteiger partial charge in [-0.15, -0.1) is 0 Å². The molecule has 108 valence electrons. The van der Waals surface area contributed by atoms with Gasteiger partial charge in [-0.1, -0.05) is 18.0 Å². The molecular weight excluding hydrogens is 280 g/mol. The van der Waals surface area contributed by atoms with Crippen LogP contribution in [0.25, 0.3) is 0 Å². The van der Waals surface area contributed by atoms with Crippen LogP contribution in [0.2, 0.25) is 5.02 Å². The second-order valence-corrected chi connectivity index (χ2v) is 5.23. The minimum Gasteiger partial charge on any atom is -0.480 e. The molecule has 1 amide bonds. The molecule has 1 saturated heterocycles. The number of rotatable bonds is 4. The van der Waals surface area contributed by atoms with Gasteiger partial charge in [0.05, 0.1) is 6.04 Å². The van der Waals surface area contributed by atoms with Gasteiger partial charge in [-0.25, -0.2) is 0 Å². The summed E-state index contributed by atoms with van der Waals surface area (Å²) in [7, 11) is 0. The van der Waals surface area contributed by atoms with Crippen molar-refractivity contribution in [1.29, 1.82) is 0 Å². The number of piperidine rings is 1. The third-order valence-corrected chi connectivity index (χ3v) is 3.56. The summed E-state index contributed by atoms with van der Waals surface area (Å²) in [6.07, 6.45) is 2.76. The molecule has 2 N–H and O–H groups in total. The molecule has 0 spiro atoms. The van der Waals surface area contributed by atoms with E-state index in [-0.39, 0.29) is 18.5 Å². The van der Waals surface area contributed by atoms with Crippen LogP contribution in [0.3, 0.4) is 0 Å². The number of carboxylic acid groups (broad SMARTS) is 1. The van der Waals surface area contributed by atoms with Crippen molar-refractivity contribution in [3.63, 3.8) is 0 Å². The molecule has 6 heteroatoms. The van der Waals surface area contributed by atoms with Crippen molar-refractivity contribution in [2.45, 2.75) is 25.3 Å². The fourth-order valence-corrected chi connectivity index (χ4v) is 2.43. The Morgan fingerprint density at radius 3 is 2.55 bits per heavy atom. The van der Waals surface area contributed by atoms with E-state index < -0.39 is 5.97 Å². The first kappa shape index (κ1) is 14.8. The fourth-order valence-electron chi connectivity index (χ4n) is 2.30. The summed E-state index contributed by atoms with van der Waals surface area (Å²) in [4.78, 5) is 24.8. The molecule has 1 atom stereocenters. The van der Waals surface area contributed by atoms with E-state index in [4.69, 9.17) is 16.7 Å². The number of hydrogen-bond acceptors (Lipinski definition) is 3.